The highest BCUT2D eigenvalue weighted by atomic mass is 16.3. The first-order valence-electron chi connectivity index (χ1n) is 10.0. The summed E-state index contributed by atoms with van der Waals surface area (Å²) in [7, 11) is 0. The molecule has 0 spiro atoms. The summed E-state index contributed by atoms with van der Waals surface area (Å²) in [4.78, 5) is 11.3. The van der Waals surface area contributed by atoms with E-state index in [4.69, 9.17) is 5.11 Å². The molecule has 0 fully saturated rings. The average Bonchev–Trinajstić information content (AvgIpc) is 2.65. The summed E-state index contributed by atoms with van der Waals surface area (Å²) < 4.78 is 0. The van der Waals surface area contributed by atoms with Gasteiger partial charge in [0.2, 0.25) is 5.91 Å². The minimum atomic E-state index is -0.590. The number of hydrogen-bond donors (Lipinski definition) is 4. The zero-order chi connectivity index (χ0) is 20.2. The van der Waals surface area contributed by atoms with E-state index in [0.29, 0.717) is 25.7 Å². The fourth-order valence-electron chi connectivity index (χ4n) is 2.31. The second kappa shape index (κ2) is 19.1. The van der Waals surface area contributed by atoms with Crippen LogP contribution in [0.4, 0.5) is 0 Å². The third kappa shape index (κ3) is 18.9. The molecule has 0 unspecified atom stereocenters. The van der Waals surface area contributed by atoms with Gasteiger partial charge in [-0.1, -0.05) is 68.4 Å². The van der Waals surface area contributed by atoms with Crippen molar-refractivity contribution in [2.75, 3.05) is 13.2 Å². The smallest absolute Gasteiger partial charge is 0.220 e. The fraction of sp³-hybridized carbons (Fsp3) is 0.591. The van der Waals surface area contributed by atoms with E-state index < -0.39 is 12.2 Å². The highest BCUT2D eigenvalue weighted by Crippen LogP contribution is 2.03. The van der Waals surface area contributed by atoms with Crippen molar-refractivity contribution in [3.05, 3.63) is 48.6 Å². The molecule has 27 heavy (non-hydrogen) atoms. The lowest BCUT2D eigenvalue weighted by Gasteiger charge is -2.05. The van der Waals surface area contributed by atoms with E-state index in [0.717, 1.165) is 6.42 Å². The van der Waals surface area contributed by atoms with E-state index >= 15 is 0 Å². The molecule has 0 aromatic heterocycles. The fourth-order valence-corrected chi connectivity index (χ4v) is 2.31. The van der Waals surface area contributed by atoms with Crippen molar-refractivity contribution in [3.63, 3.8) is 0 Å². The second-order valence-corrected chi connectivity index (χ2v) is 6.46. The molecule has 0 aliphatic carbocycles. The molecule has 0 aliphatic rings. The van der Waals surface area contributed by atoms with Crippen molar-refractivity contribution >= 4 is 5.91 Å². The summed E-state index contributed by atoms with van der Waals surface area (Å²) in [6, 6.07) is 0. The predicted octanol–water partition coefficient (Wildman–Crippen LogP) is 3.18. The van der Waals surface area contributed by atoms with Gasteiger partial charge in [-0.25, -0.2) is 0 Å². The van der Waals surface area contributed by atoms with Crippen molar-refractivity contribution in [1.82, 2.24) is 5.32 Å². The van der Waals surface area contributed by atoms with Crippen molar-refractivity contribution in [2.45, 2.75) is 70.5 Å². The molecular weight excluding hydrogens is 342 g/mol. The molecule has 0 bridgehead atoms. The maximum atomic E-state index is 11.3. The summed E-state index contributed by atoms with van der Waals surface area (Å²) in [5.74, 6) is -0.111. The summed E-state index contributed by atoms with van der Waals surface area (Å²) in [5, 5.41) is 30.8. The van der Waals surface area contributed by atoms with Crippen LogP contribution in [0.1, 0.15) is 58.3 Å². The monoisotopic (exact) mass is 379 g/mol. The van der Waals surface area contributed by atoms with Crippen LogP contribution in [0.3, 0.4) is 0 Å². The molecule has 0 saturated carbocycles. The minimum absolute atomic E-state index is 0.0648. The summed E-state index contributed by atoms with van der Waals surface area (Å²) in [5.41, 5.74) is 0. The number of rotatable bonds is 16. The highest BCUT2D eigenvalue weighted by Gasteiger charge is 2.03. The second-order valence-electron chi connectivity index (χ2n) is 6.46. The number of allylic oxidation sites excluding steroid dienone is 5. The Hall–Kier alpha value is -1.69. The maximum absolute atomic E-state index is 11.3. The molecule has 0 radical (unpaired) electrons. The molecule has 154 valence electrons. The Labute approximate surface area is 164 Å². The molecule has 0 aliphatic heterocycles. The van der Waals surface area contributed by atoms with Gasteiger partial charge in [0.15, 0.2) is 0 Å². The molecule has 0 aromatic rings. The normalized spacial score (nSPS) is 14.7. The van der Waals surface area contributed by atoms with Crippen LogP contribution in [0.25, 0.3) is 0 Å². The van der Waals surface area contributed by atoms with Gasteiger partial charge in [-0.3, -0.25) is 4.79 Å². The Balaban J connectivity index is 3.82. The first kappa shape index (κ1) is 25.3. The minimum Gasteiger partial charge on any atom is -0.395 e. The van der Waals surface area contributed by atoms with E-state index in [1.807, 2.05) is 6.08 Å². The van der Waals surface area contributed by atoms with Gasteiger partial charge in [0, 0.05) is 13.0 Å². The molecule has 0 aromatic carbocycles. The van der Waals surface area contributed by atoms with Crippen LogP contribution in [0.5, 0.6) is 0 Å². The Bertz CT molecular complexity index is 469. The number of unbranched alkanes of at least 4 members (excludes halogenated alkanes) is 3. The quantitative estimate of drug-likeness (QED) is 0.188. The van der Waals surface area contributed by atoms with E-state index in [2.05, 4.69) is 18.3 Å². The number of hydrogen-bond acceptors (Lipinski definition) is 4. The molecule has 1 amide bonds. The van der Waals surface area contributed by atoms with Gasteiger partial charge in [0.25, 0.3) is 0 Å². The predicted molar refractivity (Wildman–Crippen MR) is 111 cm³/mol. The number of nitrogens with one attached hydrogen (secondary N) is 1. The van der Waals surface area contributed by atoms with Crippen LogP contribution in [-0.4, -0.2) is 46.6 Å². The van der Waals surface area contributed by atoms with E-state index in [1.54, 1.807) is 36.5 Å². The third-order valence-corrected chi connectivity index (χ3v) is 3.86. The lowest BCUT2D eigenvalue weighted by Crippen LogP contribution is -2.26. The molecule has 4 N–H and O–H groups in total. The largest absolute Gasteiger partial charge is 0.395 e. The van der Waals surface area contributed by atoms with Crippen LogP contribution < -0.4 is 5.32 Å². The van der Waals surface area contributed by atoms with Crippen LogP contribution in [0.15, 0.2) is 48.6 Å². The van der Waals surface area contributed by atoms with Gasteiger partial charge in [-0.05, 0) is 32.1 Å². The SMILES string of the molecule is CCCCCC=CC[C@@H](O)C=CC=CC=C[C@@H](O)CCCC(=O)NCCO. The molecule has 2 atom stereocenters. The number of carbonyl (C=O) groups excluding carboxylic acids is 1. The summed E-state index contributed by atoms with van der Waals surface area (Å²) in [6.45, 7) is 2.39. The maximum Gasteiger partial charge on any atom is 0.220 e. The summed E-state index contributed by atoms with van der Waals surface area (Å²) in [6.07, 6.45) is 20.4. The topological polar surface area (TPSA) is 89.8 Å². The van der Waals surface area contributed by atoms with E-state index in [-0.39, 0.29) is 19.1 Å². The van der Waals surface area contributed by atoms with Crippen LogP contribution in [-0.2, 0) is 4.79 Å². The van der Waals surface area contributed by atoms with E-state index in [9.17, 15) is 15.0 Å². The molecule has 0 heterocycles. The van der Waals surface area contributed by atoms with Crippen molar-refractivity contribution < 1.29 is 20.1 Å². The van der Waals surface area contributed by atoms with Gasteiger partial charge in [-0.15, -0.1) is 0 Å². The lowest BCUT2D eigenvalue weighted by atomic mass is 10.1. The van der Waals surface area contributed by atoms with Crippen LogP contribution >= 0.6 is 0 Å². The van der Waals surface area contributed by atoms with Crippen LogP contribution in [0, 0.1) is 0 Å². The van der Waals surface area contributed by atoms with Gasteiger partial charge >= 0.3 is 0 Å². The van der Waals surface area contributed by atoms with Crippen molar-refractivity contribution in [3.8, 4) is 0 Å². The number of aliphatic hydroxyl groups is 3. The average molecular weight is 380 g/mol. The van der Waals surface area contributed by atoms with Gasteiger partial charge < -0.3 is 20.6 Å². The van der Waals surface area contributed by atoms with Crippen molar-refractivity contribution in [2.24, 2.45) is 0 Å². The third-order valence-electron chi connectivity index (χ3n) is 3.86. The van der Waals surface area contributed by atoms with Crippen molar-refractivity contribution in [1.29, 1.82) is 0 Å². The molecule has 5 nitrogen and oxygen atoms in total. The first-order chi connectivity index (χ1) is 13.1. The Kier molecular flexibility index (Phi) is 17.9. The standard InChI is InChI=1S/C22H37NO4/c1-2-3-4-5-6-9-13-20(25)14-10-7-8-11-15-21(26)16-12-17-22(27)23-18-19-24/h6-11,14-15,20-21,24-26H,2-5,12-13,16-19H2,1H3,(H,23,27)/t20-,21-/m1/s1. The molecule has 0 rings (SSSR count). The number of carbonyl (C=O) groups is 1. The molecular formula is C22H37NO4. The Morgan fingerprint density at radius 3 is 2.33 bits per heavy atom. The van der Waals surface area contributed by atoms with E-state index in [1.165, 1.54) is 19.3 Å². The zero-order valence-corrected chi connectivity index (χ0v) is 16.6. The van der Waals surface area contributed by atoms with Gasteiger partial charge in [0.05, 0.1) is 18.8 Å². The molecule has 0 saturated heterocycles. The van der Waals surface area contributed by atoms with Gasteiger partial charge in [0.1, 0.15) is 0 Å². The highest BCUT2D eigenvalue weighted by molar-refractivity contribution is 5.75. The number of amides is 1. The molecule has 5 heteroatoms. The van der Waals surface area contributed by atoms with Crippen LogP contribution in [0.2, 0.25) is 0 Å². The summed E-state index contributed by atoms with van der Waals surface area (Å²) >= 11 is 0. The number of aliphatic hydroxyl groups excluding tert-OH is 3. The Morgan fingerprint density at radius 1 is 0.963 bits per heavy atom. The Morgan fingerprint density at radius 2 is 1.67 bits per heavy atom. The van der Waals surface area contributed by atoms with Gasteiger partial charge in [-0.2, -0.15) is 0 Å². The first-order valence-corrected chi connectivity index (χ1v) is 10.0. The lowest BCUT2D eigenvalue weighted by molar-refractivity contribution is -0.121. The zero-order valence-electron chi connectivity index (χ0n) is 16.6.